The molecule has 0 amide bonds. The van der Waals surface area contributed by atoms with Crippen molar-refractivity contribution in [2.75, 3.05) is 22.1 Å². The maximum atomic E-state index is 5.70. The second-order valence-electron chi connectivity index (χ2n) is 6.27. The van der Waals surface area contributed by atoms with Crippen LogP contribution in [0.15, 0.2) is 48.5 Å². The Bertz CT molecular complexity index is 524. The molecule has 4 nitrogen and oxygen atoms in total. The Morgan fingerprint density at radius 2 is 1.04 bits per heavy atom. The summed E-state index contributed by atoms with van der Waals surface area (Å²) in [6, 6.07) is 16.7. The molecule has 0 heterocycles. The van der Waals surface area contributed by atoms with E-state index in [9.17, 15) is 0 Å². The standard InChI is InChI=1S/C19H28N4/c1-14(22-18-10-6-16(20)7-11-18)4-3-5-15(2)23-19-12-8-17(21)9-13-19/h6-15,22-23H,3-5,20-21H2,1-2H3. The highest BCUT2D eigenvalue weighted by Gasteiger charge is 2.06. The van der Waals surface area contributed by atoms with Crippen LogP contribution in [0.2, 0.25) is 0 Å². The smallest absolute Gasteiger partial charge is 0.0343 e. The monoisotopic (exact) mass is 312 g/mol. The Kier molecular flexibility index (Phi) is 6.15. The van der Waals surface area contributed by atoms with Crippen molar-refractivity contribution in [1.29, 1.82) is 0 Å². The van der Waals surface area contributed by atoms with Crippen molar-refractivity contribution in [1.82, 2.24) is 0 Å². The average Bonchev–Trinajstić information content (AvgIpc) is 2.52. The van der Waals surface area contributed by atoms with Gasteiger partial charge in [-0.1, -0.05) is 0 Å². The number of rotatable bonds is 8. The van der Waals surface area contributed by atoms with Crippen LogP contribution in [0.4, 0.5) is 22.7 Å². The molecule has 2 unspecified atom stereocenters. The normalized spacial score (nSPS) is 13.3. The summed E-state index contributed by atoms with van der Waals surface area (Å²) in [6.45, 7) is 4.43. The van der Waals surface area contributed by atoms with Gasteiger partial charge in [0, 0.05) is 34.8 Å². The zero-order valence-electron chi connectivity index (χ0n) is 14.0. The predicted molar refractivity (Wildman–Crippen MR) is 102 cm³/mol. The Hall–Kier alpha value is -2.36. The van der Waals surface area contributed by atoms with E-state index in [1.165, 1.54) is 6.42 Å². The molecule has 6 N–H and O–H groups in total. The minimum absolute atomic E-state index is 0.447. The molecule has 4 heteroatoms. The van der Waals surface area contributed by atoms with Crippen molar-refractivity contribution < 1.29 is 0 Å². The largest absolute Gasteiger partial charge is 0.399 e. The number of hydrogen-bond acceptors (Lipinski definition) is 4. The fourth-order valence-corrected chi connectivity index (χ4v) is 2.60. The van der Waals surface area contributed by atoms with Gasteiger partial charge in [0.1, 0.15) is 0 Å². The van der Waals surface area contributed by atoms with Crippen molar-refractivity contribution in [2.24, 2.45) is 0 Å². The molecule has 2 aromatic carbocycles. The van der Waals surface area contributed by atoms with E-state index in [1.807, 2.05) is 48.5 Å². The SMILES string of the molecule is CC(CCCC(C)Nc1ccc(N)cc1)Nc1ccc(N)cc1. The lowest BCUT2D eigenvalue weighted by molar-refractivity contribution is 0.586. The maximum absolute atomic E-state index is 5.70. The quantitative estimate of drug-likeness (QED) is 0.547. The molecule has 0 radical (unpaired) electrons. The number of anilines is 4. The molecule has 2 rings (SSSR count). The maximum Gasteiger partial charge on any atom is 0.0343 e. The first-order chi connectivity index (χ1) is 11.0. The predicted octanol–water partition coefficient (Wildman–Crippen LogP) is 4.32. The molecule has 0 aromatic heterocycles. The van der Waals surface area contributed by atoms with Gasteiger partial charge in [0.2, 0.25) is 0 Å². The van der Waals surface area contributed by atoms with Crippen LogP contribution in [0.5, 0.6) is 0 Å². The summed E-state index contributed by atoms with van der Waals surface area (Å²) in [7, 11) is 0. The number of nitrogen functional groups attached to an aromatic ring is 2. The first kappa shape index (κ1) is 17.0. The van der Waals surface area contributed by atoms with Gasteiger partial charge >= 0.3 is 0 Å². The highest BCUT2D eigenvalue weighted by Crippen LogP contribution is 2.16. The van der Waals surface area contributed by atoms with Crippen LogP contribution in [0.3, 0.4) is 0 Å². The van der Waals surface area contributed by atoms with Crippen molar-refractivity contribution >= 4 is 22.7 Å². The van der Waals surface area contributed by atoms with E-state index >= 15 is 0 Å². The van der Waals surface area contributed by atoms with Gasteiger partial charge in [0.05, 0.1) is 0 Å². The van der Waals surface area contributed by atoms with Gasteiger partial charge in [-0.2, -0.15) is 0 Å². The summed E-state index contributed by atoms with van der Waals surface area (Å²) in [5.74, 6) is 0. The van der Waals surface area contributed by atoms with Crippen LogP contribution in [0.25, 0.3) is 0 Å². The molecule has 0 bridgehead atoms. The molecule has 0 aliphatic heterocycles. The van der Waals surface area contributed by atoms with E-state index in [4.69, 9.17) is 11.5 Å². The Labute approximate surface area is 139 Å². The van der Waals surface area contributed by atoms with Crippen molar-refractivity contribution in [3.63, 3.8) is 0 Å². The fraction of sp³-hybridized carbons (Fsp3) is 0.368. The van der Waals surface area contributed by atoms with E-state index in [0.717, 1.165) is 35.6 Å². The number of nitrogens with two attached hydrogens (primary N) is 2. The molecule has 0 spiro atoms. The van der Waals surface area contributed by atoms with Crippen LogP contribution in [0.1, 0.15) is 33.1 Å². The van der Waals surface area contributed by atoms with Gasteiger partial charge in [-0.05, 0) is 81.6 Å². The lowest BCUT2D eigenvalue weighted by Crippen LogP contribution is -2.18. The third-order valence-electron chi connectivity index (χ3n) is 3.92. The van der Waals surface area contributed by atoms with Gasteiger partial charge in [0.15, 0.2) is 0 Å². The van der Waals surface area contributed by atoms with Crippen LogP contribution >= 0.6 is 0 Å². The fourth-order valence-electron chi connectivity index (χ4n) is 2.60. The summed E-state index contributed by atoms with van der Waals surface area (Å²) < 4.78 is 0. The topological polar surface area (TPSA) is 76.1 Å². The molecule has 124 valence electrons. The molecule has 0 aliphatic carbocycles. The number of nitrogens with one attached hydrogen (secondary N) is 2. The van der Waals surface area contributed by atoms with Gasteiger partial charge < -0.3 is 22.1 Å². The summed E-state index contributed by atoms with van der Waals surface area (Å²) in [5.41, 5.74) is 15.2. The van der Waals surface area contributed by atoms with Gasteiger partial charge in [-0.3, -0.25) is 0 Å². The third kappa shape index (κ3) is 6.10. The first-order valence-corrected chi connectivity index (χ1v) is 8.27. The zero-order chi connectivity index (χ0) is 16.7. The van der Waals surface area contributed by atoms with Gasteiger partial charge in [-0.25, -0.2) is 0 Å². The molecule has 2 aromatic rings. The Balaban J connectivity index is 1.67. The molecule has 2 atom stereocenters. The van der Waals surface area contributed by atoms with Gasteiger partial charge in [-0.15, -0.1) is 0 Å². The number of benzene rings is 2. The lowest BCUT2D eigenvalue weighted by Gasteiger charge is -2.18. The van der Waals surface area contributed by atoms with E-state index < -0.39 is 0 Å². The molecular weight excluding hydrogens is 284 g/mol. The van der Waals surface area contributed by atoms with E-state index in [1.54, 1.807) is 0 Å². The highest BCUT2D eigenvalue weighted by atomic mass is 14.9. The van der Waals surface area contributed by atoms with Crippen LogP contribution < -0.4 is 22.1 Å². The Morgan fingerprint density at radius 3 is 1.39 bits per heavy atom. The highest BCUT2D eigenvalue weighted by molar-refractivity contribution is 5.52. The second-order valence-corrected chi connectivity index (χ2v) is 6.27. The molecule has 0 fully saturated rings. The zero-order valence-corrected chi connectivity index (χ0v) is 14.0. The van der Waals surface area contributed by atoms with E-state index in [-0.39, 0.29) is 0 Å². The summed E-state index contributed by atoms with van der Waals surface area (Å²) >= 11 is 0. The summed E-state index contributed by atoms with van der Waals surface area (Å²) in [4.78, 5) is 0. The average molecular weight is 312 g/mol. The van der Waals surface area contributed by atoms with Crippen molar-refractivity contribution in [3.8, 4) is 0 Å². The molecule has 23 heavy (non-hydrogen) atoms. The summed E-state index contributed by atoms with van der Waals surface area (Å²) in [5, 5.41) is 7.02. The molecule has 0 saturated carbocycles. The second kappa shape index (κ2) is 8.32. The van der Waals surface area contributed by atoms with E-state index in [2.05, 4.69) is 24.5 Å². The third-order valence-corrected chi connectivity index (χ3v) is 3.92. The minimum Gasteiger partial charge on any atom is -0.399 e. The van der Waals surface area contributed by atoms with E-state index in [0.29, 0.717) is 12.1 Å². The molecule has 0 aliphatic rings. The van der Waals surface area contributed by atoms with Crippen LogP contribution in [0, 0.1) is 0 Å². The first-order valence-electron chi connectivity index (χ1n) is 8.27. The minimum atomic E-state index is 0.447. The van der Waals surface area contributed by atoms with Crippen molar-refractivity contribution in [2.45, 2.75) is 45.2 Å². The summed E-state index contributed by atoms with van der Waals surface area (Å²) in [6.07, 6.45) is 3.45. The molecule has 0 saturated heterocycles. The Morgan fingerprint density at radius 1 is 0.696 bits per heavy atom. The van der Waals surface area contributed by atoms with Gasteiger partial charge in [0.25, 0.3) is 0 Å². The van der Waals surface area contributed by atoms with Crippen LogP contribution in [-0.4, -0.2) is 12.1 Å². The van der Waals surface area contributed by atoms with Crippen LogP contribution in [-0.2, 0) is 0 Å². The van der Waals surface area contributed by atoms with Crippen molar-refractivity contribution in [3.05, 3.63) is 48.5 Å². The molecular formula is C19H28N4. The lowest BCUT2D eigenvalue weighted by atomic mass is 10.1. The number of hydrogen-bond donors (Lipinski definition) is 4.